The van der Waals surface area contributed by atoms with Gasteiger partial charge in [-0.3, -0.25) is 14.4 Å². The van der Waals surface area contributed by atoms with Crippen molar-refractivity contribution in [3.05, 3.63) is 33.6 Å². The zero-order valence-electron chi connectivity index (χ0n) is 14.9. The fraction of sp³-hybridized carbons (Fsp3) is 0.550. The quantitative estimate of drug-likeness (QED) is 0.477. The lowest BCUT2D eigenvalue weighted by atomic mass is 9.58. The lowest BCUT2D eigenvalue weighted by Gasteiger charge is -2.45. The molecule has 1 atom stereocenters. The van der Waals surface area contributed by atoms with E-state index in [1.165, 1.54) is 0 Å². The van der Waals surface area contributed by atoms with Crippen molar-refractivity contribution in [2.75, 3.05) is 0 Å². The molecule has 1 N–H and O–H groups in total. The van der Waals surface area contributed by atoms with E-state index in [2.05, 4.69) is 13.8 Å². The van der Waals surface area contributed by atoms with E-state index >= 15 is 0 Å². The molecule has 0 heterocycles. The number of fused-ring (bicyclic) bond motifs is 2. The van der Waals surface area contributed by atoms with E-state index in [4.69, 9.17) is 0 Å². The first-order valence-corrected chi connectivity index (χ1v) is 8.56. The molecule has 0 bridgehead atoms. The summed E-state index contributed by atoms with van der Waals surface area (Å²) in [5.41, 5.74) is 1.19. The Bertz CT molecular complexity index is 773. The van der Waals surface area contributed by atoms with Crippen molar-refractivity contribution >= 4 is 17.9 Å². The summed E-state index contributed by atoms with van der Waals surface area (Å²) in [4.78, 5) is 37.4. The fourth-order valence-electron chi connectivity index (χ4n) is 5.07. The minimum atomic E-state index is -0.642. The first kappa shape index (κ1) is 16.9. The number of carbonyl (C=O) groups excluding carboxylic acids is 3. The average molecular weight is 328 g/mol. The lowest BCUT2D eigenvalue weighted by molar-refractivity contribution is -0.133. The number of aliphatic hydroxyl groups is 1. The summed E-state index contributed by atoms with van der Waals surface area (Å²) in [5.74, 6) is -1.64. The maximum absolute atomic E-state index is 12.9. The standard InChI is InChI=1S/C20H24O4/c1-10(2)12-15(22)13-11(9-21)18-19(3,4)7-6-8-20(18,5)14(13)17(24)16(12)23/h9-10,22H,6-8H2,1-5H3/t20-/m0/s1. The first-order chi connectivity index (χ1) is 11.1. The monoisotopic (exact) mass is 328 g/mol. The molecule has 0 spiro atoms. The van der Waals surface area contributed by atoms with Gasteiger partial charge < -0.3 is 5.11 Å². The Kier molecular flexibility index (Phi) is 3.52. The van der Waals surface area contributed by atoms with Crippen molar-refractivity contribution < 1.29 is 19.5 Å². The summed E-state index contributed by atoms with van der Waals surface area (Å²) in [7, 11) is 0. The molecule has 0 radical (unpaired) electrons. The summed E-state index contributed by atoms with van der Waals surface area (Å²) < 4.78 is 0. The van der Waals surface area contributed by atoms with Gasteiger partial charge in [0.1, 0.15) is 5.76 Å². The minimum Gasteiger partial charge on any atom is -0.507 e. The third-order valence-electron chi connectivity index (χ3n) is 5.91. The van der Waals surface area contributed by atoms with Crippen LogP contribution in [-0.4, -0.2) is 23.0 Å². The van der Waals surface area contributed by atoms with E-state index in [1.54, 1.807) is 13.8 Å². The fourth-order valence-corrected chi connectivity index (χ4v) is 5.07. The zero-order valence-corrected chi connectivity index (χ0v) is 14.9. The van der Waals surface area contributed by atoms with Gasteiger partial charge in [-0.25, -0.2) is 0 Å². The summed E-state index contributed by atoms with van der Waals surface area (Å²) in [6.45, 7) is 9.61. The molecule has 0 saturated heterocycles. The third-order valence-corrected chi connectivity index (χ3v) is 5.91. The molecule has 1 saturated carbocycles. The SMILES string of the molecule is CC(C)C1=C(O)C2=C(C(=O)C1=O)[C@]1(C)CCCC(C)(C)C1=C2C=O. The molecule has 0 aromatic heterocycles. The normalized spacial score (nSPS) is 29.4. The Hall–Kier alpha value is -1.97. The van der Waals surface area contributed by atoms with E-state index in [0.717, 1.165) is 24.7 Å². The van der Waals surface area contributed by atoms with Gasteiger partial charge in [-0.2, -0.15) is 0 Å². The molecule has 1 fully saturated rings. The Labute approximate surface area is 142 Å². The largest absolute Gasteiger partial charge is 0.507 e. The maximum Gasteiger partial charge on any atom is 0.233 e. The number of allylic oxidation sites excluding steroid dienone is 4. The number of ketones is 2. The number of carbonyl (C=O) groups is 3. The molecular weight excluding hydrogens is 304 g/mol. The van der Waals surface area contributed by atoms with Crippen LogP contribution in [0.1, 0.15) is 53.9 Å². The second-order valence-electron chi connectivity index (χ2n) is 8.30. The molecule has 4 nitrogen and oxygen atoms in total. The van der Waals surface area contributed by atoms with Crippen molar-refractivity contribution in [2.45, 2.75) is 53.9 Å². The molecular formula is C20H24O4. The molecule has 0 amide bonds. The number of aliphatic hydroxyl groups excluding tert-OH is 1. The summed E-state index contributed by atoms with van der Waals surface area (Å²) in [5, 5.41) is 10.8. The molecule has 3 aliphatic rings. The number of aldehydes is 1. The number of hydrogen-bond acceptors (Lipinski definition) is 4. The Balaban J connectivity index is 2.39. The van der Waals surface area contributed by atoms with Gasteiger partial charge in [-0.15, -0.1) is 0 Å². The van der Waals surface area contributed by atoms with Gasteiger partial charge in [0.05, 0.1) is 0 Å². The smallest absolute Gasteiger partial charge is 0.233 e. The average Bonchev–Trinajstić information content (AvgIpc) is 2.74. The highest BCUT2D eigenvalue weighted by Gasteiger charge is 2.56. The highest BCUT2D eigenvalue weighted by atomic mass is 16.3. The lowest BCUT2D eigenvalue weighted by Crippen LogP contribution is -2.39. The Morgan fingerprint density at radius 2 is 1.71 bits per heavy atom. The molecule has 3 rings (SSSR count). The van der Waals surface area contributed by atoms with Gasteiger partial charge in [-0.1, -0.05) is 41.0 Å². The number of hydrogen-bond donors (Lipinski definition) is 1. The molecule has 0 aromatic carbocycles. The van der Waals surface area contributed by atoms with E-state index in [-0.39, 0.29) is 22.7 Å². The van der Waals surface area contributed by atoms with Crippen molar-refractivity contribution in [1.82, 2.24) is 0 Å². The van der Waals surface area contributed by atoms with Gasteiger partial charge in [0, 0.05) is 27.7 Å². The molecule has 24 heavy (non-hydrogen) atoms. The Morgan fingerprint density at radius 3 is 2.25 bits per heavy atom. The minimum absolute atomic E-state index is 0.124. The van der Waals surface area contributed by atoms with Crippen LogP contribution in [0.15, 0.2) is 33.6 Å². The number of Topliss-reactive ketones (excluding diaryl/α,β-unsaturated/α-hetero) is 2. The highest BCUT2D eigenvalue weighted by Crippen LogP contribution is 2.62. The molecule has 4 heteroatoms. The molecule has 3 aliphatic carbocycles. The van der Waals surface area contributed by atoms with Gasteiger partial charge in [-0.05, 0) is 29.7 Å². The van der Waals surface area contributed by atoms with E-state index in [9.17, 15) is 19.5 Å². The van der Waals surface area contributed by atoms with Crippen molar-refractivity contribution in [1.29, 1.82) is 0 Å². The van der Waals surface area contributed by atoms with E-state index < -0.39 is 17.0 Å². The summed E-state index contributed by atoms with van der Waals surface area (Å²) in [6.07, 6.45) is 3.30. The first-order valence-electron chi connectivity index (χ1n) is 8.56. The number of rotatable bonds is 2. The van der Waals surface area contributed by atoms with Gasteiger partial charge >= 0.3 is 0 Å². The van der Waals surface area contributed by atoms with Crippen molar-refractivity contribution in [3.8, 4) is 0 Å². The summed E-state index contributed by atoms with van der Waals surface area (Å²) >= 11 is 0. The van der Waals surface area contributed by atoms with E-state index in [0.29, 0.717) is 23.1 Å². The molecule has 0 unspecified atom stereocenters. The predicted octanol–water partition coefficient (Wildman–Crippen LogP) is 3.63. The topological polar surface area (TPSA) is 71.4 Å². The van der Waals surface area contributed by atoms with Crippen LogP contribution in [0.5, 0.6) is 0 Å². The van der Waals surface area contributed by atoms with Gasteiger partial charge in [0.15, 0.2) is 6.29 Å². The van der Waals surface area contributed by atoms with Crippen LogP contribution in [-0.2, 0) is 14.4 Å². The second kappa shape index (κ2) is 5.01. The summed E-state index contributed by atoms with van der Waals surface area (Å²) in [6, 6.07) is 0. The maximum atomic E-state index is 12.9. The highest BCUT2D eigenvalue weighted by molar-refractivity contribution is 6.51. The van der Waals surface area contributed by atoms with Crippen LogP contribution < -0.4 is 0 Å². The van der Waals surface area contributed by atoms with Gasteiger partial charge in [0.25, 0.3) is 0 Å². The van der Waals surface area contributed by atoms with Crippen molar-refractivity contribution in [3.63, 3.8) is 0 Å². The van der Waals surface area contributed by atoms with Crippen LogP contribution in [0.25, 0.3) is 0 Å². The van der Waals surface area contributed by atoms with Crippen LogP contribution >= 0.6 is 0 Å². The van der Waals surface area contributed by atoms with E-state index in [1.807, 2.05) is 6.92 Å². The Morgan fingerprint density at radius 1 is 1.08 bits per heavy atom. The van der Waals surface area contributed by atoms with Crippen LogP contribution in [0.4, 0.5) is 0 Å². The third kappa shape index (κ3) is 1.89. The molecule has 0 aromatic rings. The van der Waals surface area contributed by atoms with Crippen molar-refractivity contribution in [2.24, 2.45) is 16.7 Å². The molecule has 128 valence electrons. The van der Waals surface area contributed by atoms with Crippen LogP contribution in [0.2, 0.25) is 0 Å². The van der Waals surface area contributed by atoms with Gasteiger partial charge in [0.2, 0.25) is 11.6 Å². The van der Waals surface area contributed by atoms with Crippen LogP contribution in [0, 0.1) is 16.7 Å². The zero-order chi connectivity index (χ0) is 18.0. The second-order valence-corrected chi connectivity index (χ2v) is 8.30. The predicted molar refractivity (Wildman–Crippen MR) is 90.4 cm³/mol. The molecule has 0 aliphatic heterocycles. The van der Waals surface area contributed by atoms with Crippen LogP contribution in [0.3, 0.4) is 0 Å².